The van der Waals surface area contributed by atoms with Crippen LogP contribution in [0.1, 0.15) is 132 Å². The molecule has 0 fully saturated rings. The Morgan fingerprint density at radius 1 is 0.533 bits per heavy atom. The number of aliphatic hydroxyl groups is 2. The molecule has 21 nitrogen and oxygen atoms in total. The van der Waals surface area contributed by atoms with E-state index in [2.05, 4.69) is 14.8 Å². The molecule has 0 rings (SSSR count). The standard InChI is InChI=1S/C6H11NO.C5H9NO2.4C4H9NO.C2H3F3O3S.C2H4O2.C2H4O.5C2H6.2CH4O.5H3P/c1-4-6(7-3)5(2)8;1-4(8)5(3-7)6-2;4*1-4(6)5(2)3;1-8-9(6,7)2(3,4)5;1-2(3)4;1-2-3;7*1-2;;;;;/h4,7H,1-3H3;3,5-6H,1-2H3;4*1-3H3;1H3;1H3,(H,3,4);2H,1H3;5*1-2H3;2*2H,1H3;5*1H3/b6-4-;;;;;;;;;;;;;;;;;;;;. The molecular formula is C45H120F3N6O15P5S. The first-order valence-electron chi connectivity index (χ1n) is 21.5. The number of carboxylic acid groups (broad SMARTS) is 1. The third kappa shape index (κ3) is 201. The number of hydrogen-bond acceptors (Lipinski definition) is 16. The highest BCUT2D eigenvalue weighted by Crippen LogP contribution is 2.23. The summed E-state index contributed by atoms with van der Waals surface area (Å²) in [5, 5.41) is 26.7. The summed E-state index contributed by atoms with van der Waals surface area (Å²) in [5.74, 6) is -0.535. The van der Waals surface area contributed by atoms with Crippen LogP contribution in [0.2, 0.25) is 0 Å². The van der Waals surface area contributed by atoms with Crippen molar-refractivity contribution in [1.29, 1.82) is 0 Å². The molecule has 0 aliphatic rings. The molecule has 472 valence electrons. The summed E-state index contributed by atoms with van der Waals surface area (Å²) >= 11 is 0. The number of nitrogens with zero attached hydrogens (tertiary/aromatic N) is 4. The van der Waals surface area contributed by atoms with Gasteiger partial charge in [0.25, 0.3) is 5.97 Å². The maximum Gasteiger partial charge on any atom is 0.523 e. The molecule has 6 atom stereocenters. The van der Waals surface area contributed by atoms with E-state index in [0.717, 1.165) is 27.4 Å². The van der Waals surface area contributed by atoms with Crippen molar-refractivity contribution in [2.45, 2.75) is 143 Å². The molecule has 0 aromatic rings. The molecule has 0 bridgehead atoms. The number of Topliss-reactive ketones (excluding diaryl/α,β-unsaturated/α-hetero) is 2. The monoisotopic (exact) mass is 1230 g/mol. The minimum atomic E-state index is -5.34. The van der Waals surface area contributed by atoms with Crippen LogP contribution in [-0.4, -0.2) is 200 Å². The van der Waals surface area contributed by atoms with Gasteiger partial charge in [-0.25, -0.2) is 0 Å². The molecule has 0 aromatic carbocycles. The number of allylic oxidation sites excluding steroid dienone is 2. The van der Waals surface area contributed by atoms with Gasteiger partial charge in [0, 0.05) is 119 Å². The zero-order valence-corrected chi connectivity index (χ0v) is 60.8. The minimum Gasteiger partial charge on any atom is -0.481 e. The van der Waals surface area contributed by atoms with E-state index in [4.69, 9.17) is 24.9 Å². The van der Waals surface area contributed by atoms with Gasteiger partial charge in [0.1, 0.15) is 18.6 Å². The zero-order chi connectivity index (χ0) is 61.7. The first-order valence-corrected chi connectivity index (χ1v) is 22.9. The third-order valence-corrected chi connectivity index (χ3v) is 5.85. The fraction of sp³-hybridized carbons (Fsp3) is 0.756. The van der Waals surface area contributed by atoms with E-state index in [1.54, 1.807) is 76.6 Å². The minimum absolute atomic E-state index is 0. The van der Waals surface area contributed by atoms with Crippen molar-refractivity contribution in [3.05, 3.63) is 11.8 Å². The van der Waals surface area contributed by atoms with Crippen LogP contribution in [0.4, 0.5) is 13.2 Å². The Balaban J connectivity index is -0.0000000223. The molecule has 0 saturated carbocycles. The average Bonchev–Trinajstić information content (AvgIpc) is 3.30. The van der Waals surface area contributed by atoms with Gasteiger partial charge in [-0.15, -0.1) is 0 Å². The predicted molar refractivity (Wildman–Crippen MR) is 336 cm³/mol. The fourth-order valence-corrected chi connectivity index (χ4v) is 1.17. The second-order valence-electron chi connectivity index (χ2n) is 10.5. The van der Waals surface area contributed by atoms with Gasteiger partial charge in [0.05, 0.1) is 12.8 Å². The van der Waals surface area contributed by atoms with Crippen molar-refractivity contribution in [2.24, 2.45) is 0 Å². The Morgan fingerprint density at radius 3 is 0.693 bits per heavy atom. The number of carbonyl (C=O) groups excluding carboxylic acids is 8. The summed E-state index contributed by atoms with van der Waals surface area (Å²) in [4.78, 5) is 94.9. The van der Waals surface area contributed by atoms with Gasteiger partial charge in [-0.05, 0) is 27.8 Å². The summed E-state index contributed by atoms with van der Waals surface area (Å²) in [7, 11) is 14.2. The topological polar surface area (TPSA) is 295 Å². The highest BCUT2D eigenvalue weighted by molar-refractivity contribution is 7.87. The summed E-state index contributed by atoms with van der Waals surface area (Å²) in [5.41, 5.74) is -4.63. The summed E-state index contributed by atoms with van der Waals surface area (Å²) < 4.78 is 55.9. The van der Waals surface area contributed by atoms with Crippen molar-refractivity contribution >= 4 is 113 Å². The van der Waals surface area contributed by atoms with E-state index in [1.165, 1.54) is 68.1 Å². The maximum absolute atomic E-state index is 11.1. The molecule has 0 aromatic heterocycles. The van der Waals surface area contributed by atoms with E-state index in [9.17, 15) is 55.2 Å². The van der Waals surface area contributed by atoms with Gasteiger partial charge in [-0.2, -0.15) is 71.1 Å². The number of aliphatic hydroxyl groups excluding tert-OH is 2. The molecule has 5 N–H and O–H groups in total. The quantitative estimate of drug-likeness (QED) is 0.0520. The summed E-state index contributed by atoms with van der Waals surface area (Å²) in [6, 6.07) is -0.616. The number of alkyl halides is 3. The van der Waals surface area contributed by atoms with Gasteiger partial charge in [-0.1, -0.05) is 75.3 Å². The van der Waals surface area contributed by atoms with Crippen LogP contribution < -0.4 is 10.6 Å². The van der Waals surface area contributed by atoms with Crippen molar-refractivity contribution in [2.75, 3.05) is 91.8 Å². The first kappa shape index (κ1) is 140. The van der Waals surface area contributed by atoms with Crippen molar-refractivity contribution in [1.82, 2.24) is 30.2 Å². The molecule has 75 heavy (non-hydrogen) atoms. The van der Waals surface area contributed by atoms with Gasteiger partial charge in [0.2, 0.25) is 23.6 Å². The average molecular weight is 1230 g/mol. The Morgan fingerprint density at radius 2 is 0.693 bits per heavy atom. The maximum atomic E-state index is 11.1. The molecule has 30 heteroatoms. The lowest BCUT2D eigenvalue weighted by atomic mass is 10.2. The van der Waals surface area contributed by atoms with Gasteiger partial charge >= 0.3 is 15.6 Å². The molecule has 6 unspecified atom stereocenters. The number of hydrogen-bond donors (Lipinski definition) is 5. The van der Waals surface area contributed by atoms with Crippen molar-refractivity contribution < 1.29 is 84.2 Å². The predicted octanol–water partition coefficient (Wildman–Crippen LogP) is 5.86. The molecule has 0 radical (unpaired) electrons. The van der Waals surface area contributed by atoms with Gasteiger partial charge in [0.15, 0.2) is 11.6 Å². The van der Waals surface area contributed by atoms with E-state index in [1.807, 2.05) is 76.2 Å². The highest BCUT2D eigenvalue weighted by atomic mass is 32.2. The van der Waals surface area contributed by atoms with Gasteiger partial charge in [-0.3, -0.25) is 37.7 Å². The van der Waals surface area contributed by atoms with Crippen molar-refractivity contribution in [3.63, 3.8) is 0 Å². The Kier molecular flexibility index (Phi) is 223. The van der Waals surface area contributed by atoms with Crippen LogP contribution >= 0.6 is 49.5 Å². The van der Waals surface area contributed by atoms with Crippen LogP contribution in [0.15, 0.2) is 11.8 Å². The summed E-state index contributed by atoms with van der Waals surface area (Å²) in [6.45, 7) is 33.4. The number of nitrogens with one attached hydrogen (secondary N) is 2. The van der Waals surface area contributed by atoms with E-state index < -0.39 is 27.6 Å². The lowest BCUT2D eigenvalue weighted by molar-refractivity contribution is -0.134. The molecule has 0 aliphatic heterocycles. The van der Waals surface area contributed by atoms with Crippen LogP contribution in [-0.2, 0) is 57.5 Å². The SMILES string of the molecule is C/C=C(\NC)C(C)=O.CC.CC.CC.CC.CC.CC(=O)N(C)C.CC(=O)N(C)C.CC(=O)N(C)C.CC(=O)N(C)C.CC(=O)O.CC=O.CNC(C=O)C(C)=O.CO.CO.COS(=O)(=O)C(F)(F)F.P.P.P.P.P. The molecule has 0 spiro atoms. The Bertz CT molecular complexity index is 1220. The number of aldehydes is 2. The number of carboxylic acids is 1. The number of amides is 4. The normalized spacial score (nSPS) is 7.77. The lowest BCUT2D eigenvalue weighted by Crippen LogP contribution is -2.33. The number of ketones is 2. The van der Waals surface area contributed by atoms with Crippen molar-refractivity contribution in [3.8, 4) is 0 Å². The number of carbonyl (C=O) groups is 9. The largest absolute Gasteiger partial charge is 0.523 e. The van der Waals surface area contributed by atoms with Crippen LogP contribution in [0.25, 0.3) is 0 Å². The smallest absolute Gasteiger partial charge is 0.481 e. The zero-order valence-electron chi connectivity index (χ0n) is 52.9. The second kappa shape index (κ2) is 120. The third-order valence-electron chi connectivity index (χ3n) is 4.84. The number of aliphatic carboxylic acids is 1. The molecular weight excluding hydrogens is 1110 g/mol. The Labute approximate surface area is 472 Å². The van der Waals surface area contributed by atoms with E-state index >= 15 is 0 Å². The number of rotatable bonds is 6. The highest BCUT2D eigenvalue weighted by Gasteiger charge is 2.46. The Hall–Kier alpha value is -2.70. The molecule has 4 amide bonds. The van der Waals surface area contributed by atoms with Gasteiger partial charge < -0.3 is 55.1 Å². The molecule has 0 aliphatic carbocycles. The molecule has 0 heterocycles. The fourth-order valence-electron chi connectivity index (χ4n) is 0.985. The number of likely N-dealkylation sites (N-methyl/N-ethyl adjacent to an activating group) is 2. The molecule has 0 saturated heterocycles. The summed E-state index contributed by atoms with van der Waals surface area (Å²) in [6.07, 6.45) is 3.09. The second-order valence-corrected chi connectivity index (χ2v) is 12.2. The number of halogens is 3. The van der Waals surface area contributed by atoms with Crippen LogP contribution in [0, 0.1) is 0 Å². The van der Waals surface area contributed by atoms with Crippen LogP contribution in [0.3, 0.4) is 0 Å². The first-order chi connectivity index (χ1) is 32.0. The van der Waals surface area contributed by atoms with Crippen LogP contribution in [0.5, 0.6) is 0 Å². The van der Waals surface area contributed by atoms with E-state index in [0.29, 0.717) is 19.1 Å². The lowest BCUT2D eigenvalue weighted by Gasteiger charge is -2.02. The van der Waals surface area contributed by atoms with E-state index in [-0.39, 0.29) is 84.7 Å².